The average molecular weight is 367 g/mol. The first kappa shape index (κ1) is 15.6. The van der Waals surface area contributed by atoms with Gasteiger partial charge >= 0.3 is 0 Å². The van der Waals surface area contributed by atoms with E-state index in [1.807, 2.05) is 30.7 Å². The number of anilines is 1. The fourth-order valence-electron chi connectivity index (χ4n) is 1.94. The third-order valence-corrected chi connectivity index (χ3v) is 3.71. The average Bonchev–Trinajstić information content (AvgIpc) is 2.83. The van der Waals surface area contributed by atoms with Crippen molar-refractivity contribution in [2.45, 2.75) is 19.9 Å². The number of aromatic nitrogens is 1. The number of hydrogen-bond acceptors (Lipinski definition) is 2. The zero-order valence-corrected chi connectivity index (χ0v) is 13.9. The van der Waals surface area contributed by atoms with Crippen molar-refractivity contribution in [1.82, 2.24) is 4.57 Å². The third-order valence-electron chi connectivity index (χ3n) is 2.95. The Hall–Kier alpha value is -1.77. The number of carbonyl (C=O) groups is 1. The van der Waals surface area contributed by atoms with Gasteiger partial charge < -0.3 is 9.88 Å². The molecular formula is C15H13BrClN3O. The Morgan fingerprint density at radius 3 is 2.76 bits per heavy atom. The van der Waals surface area contributed by atoms with Crippen molar-refractivity contribution in [1.29, 1.82) is 5.26 Å². The van der Waals surface area contributed by atoms with Crippen molar-refractivity contribution < 1.29 is 4.79 Å². The Kier molecular flexibility index (Phi) is 4.71. The molecule has 0 spiro atoms. The summed E-state index contributed by atoms with van der Waals surface area (Å²) in [5.41, 5.74) is 1.41. The molecule has 0 fully saturated rings. The van der Waals surface area contributed by atoms with Gasteiger partial charge in [-0.3, -0.25) is 4.79 Å². The summed E-state index contributed by atoms with van der Waals surface area (Å²) in [6, 6.07) is 8.72. The van der Waals surface area contributed by atoms with Gasteiger partial charge in [-0.15, -0.1) is 0 Å². The highest BCUT2D eigenvalue weighted by molar-refractivity contribution is 9.10. The molecule has 0 bridgehead atoms. The van der Waals surface area contributed by atoms with Gasteiger partial charge in [0.25, 0.3) is 5.91 Å². The normalized spacial score (nSPS) is 10.5. The van der Waals surface area contributed by atoms with Gasteiger partial charge in [0, 0.05) is 22.4 Å². The molecule has 0 atom stereocenters. The van der Waals surface area contributed by atoms with Gasteiger partial charge in [0.15, 0.2) is 0 Å². The molecule has 1 heterocycles. The van der Waals surface area contributed by atoms with Crippen LogP contribution in [0.1, 0.15) is 35.9 Å². The first-order chi connectivity index (χ1) is 9.92. The van der Waals surface area contributed by atoms with E-state index in [1.165, 1.54) is 0 Å². The molecule has 2 rings (SSSR count). The maximum Gasteiger partial charge on any atom is 0.272 e. The number of nitrogens with zero attached hydrogens (tertiary/aromatic N) is 2. The van der Waals surface area contributed by atoms with Crippen LogP contribution in [0.4, 0.5) is 5.69 Å². The fourth-order valence-corrected chi connectivity index (χ4v) is 2.54. The largest absolute Gasteiger partial charge is 0.340 e. The summed E-state index contributed by atoms with van der Waals surface area (Å²) in [5.74, 6) is -0.236. The van der Waals surface area contributed by atoms with Crippen LogP contribution in [0, 0.1) is 11.3 Å². The summed E-state index contributed by atoms with van der Waals surface area (Å²) in [5, 5.41) is 12.1. The highest BCUT2D eigenvalue weighted by Crippen LogP contribution is 2.23. The lowest BCUT2D eigenvalue weighted by molar-refractivity contribution is 0.101. The molecule has 0 aliphatic heterocycles. The maximum absolute atomic E-state index is 12.4. The Balaban J connectivity index is 2.29. The quantitative estimate of drug-likeness (QED) is 0.862. The number of nitrogens with one attached hydrogen (secondary N) is 1. The van der Waals surface area contributed by atoms with Gasteiger partial charge in [0.05, 0.1) is 10.6 Å². The molecule has 2 aromatic rings. The number of benzene rings is 1. The monoisotopic (exact) mass is 365 g/mol. The summed E-state index contributed by atoms with van der Waals surface area (Å²) in [7, 11) is 0. The number of carbonyl (C=O) groups excluding carboxylic acids is 1. The van der Waals surface area contributed by atoms with Gasteiger partial charge in [0.1, 0.15) is 11.8 Å². The van der Waals surface area contributed by atoms with E-state index in [0.717, 1.165) is 4.47 Å². The predicted octanol–water partition coefficient (Wildman–Crippen LogP) is 4.61. The van der Waals surface area contributed by atoms with E-state index < -0.39 is 0 Å². The summed E-state index contributed by atoms with van der Waals surface area (Å²) < 4.78 is 2.72. The van der Waals surface area contributed by atoms with Crippen LogP contribution in [-0.2, 0) is 0 Å². The van der Waals surface area contributed by atoms with E-state index in [2.05, 4.69) is 21.2 Å². The van der Waals surface area contributed by atoms with E-state index in [9.17, 15) is 4.79 Å². The summed E-state index contributed by atoms with van der Waals surface area (Å²) in [6.07, 6.45) is 1.86. The molecule has 108 valence electrons. The highest BCUT2D eigenvalue weighted by atomic mass is 79.9. The minimum absolute atomic E-state index is 0.164. The Morgan fingerprint density at radius 1 is 1.43 bits per heavy atom. The smallest absolute Gasteiger partial charge is 0.272 e. The van der Waals surface area contributed by atoms with Crippen LogP contribution in [0.15, 0.2) is 34.9 Å². The predicted molar refractivity (Wildman–Crippen MR) is 86.6 cm³/mol. The lowest BCUT2D eigenvalue weighted by Gasteiger charge is -2.13. The zero-order chi connectivity index (χ0) is 15.6. The molecule has 4 nitrogen and oxygen atoms in total. The van der Waals surface area contributed by atoms with Gasteiger partial charge in [0.2, 0.25) is 0 Å². The Morgan fingerprint density at radius 2 is 2.14 bits per heavy atom. The number of amides is 1. The van der Waals surface area contributed by atoms with Crippen LogP contribution in [0.2, 0.25) is 5.02 Å². The molecule has 1 amide bonds. The summed E-state index contributed by atoms with van der Waals surface area (Å²) in [6.45, 7) is 4.00. The van der Waals surface area contributed by atoms with E-state index in [0.29, 0.717) is 22.0 Å². The van der Waals surface area contributed by atoms with Crippen LogP contribution in [0.25, 0.3) is 0 Å². The summed E-state index contributed by atoms with van der Waals surface area (Å²) >= 11 is 9.25. The van der Waals surface area contributed by atoms with Crippen LogP contribution in [0.5, 0.6) is 0 Å². The SMILES string of the molecule is CC(C)n1cc(Br)cc1C(=O)Nc1ccc(Cl)c(C#N)c1. The minimum atomic E-state index is -0.236. The molecule has 0 aliphatic carbocycles. The third kappa shape index (κ3) is 3.46. The number of rotatable bonds is 3. The molecule has 1 N–H and O–H groups in total. The molecule has 0 unspecified atom stereocenters. The second-order valence-corrected chi connectivity index (χ2v) is 6.13. The van der Waals surface area contributed by atoms with E-state index >= 15 is 0 Å². The second kappa shape index (κ2) is 6.33. The van der Waals surface area contributed by atoms with Crippen molar-refractivity contribution in [3.63, 3.8) is 0 Å². The molecule has 0 aliphatic rings. The zero-order valence-electron chi connectivity index (χ0n) is 11.5. The topological polar surface area (TPSA) is 57.8 Å². The van der Waals surface area contributed by atoms with Crippen molar-refractivity contribution in [3.8, 4) is 6.07 Å². The molecule has 21 heavy (non-hydrogen) atoms. The van der Waals surface area contributed by atoms with Crippen molar-refractivity contribution in [2.75, 3.05) is 5.32 Å². The second-order valence-electron chi connectivity index (χ2n) is 4.81. The van der Waals surface area contributed by atoms with Crippen molar-refractivity contribution in [2.24, 2.45) is 0 Å². The van der Waals surface area contributed by atoms with Gasteiger partial charge in [-0.25, -0.2) is 0 Å². The molecule has 6 heteroatoms. The van der Waals surface area contributed by atoms with Crippen molar-refractivity contribution in [3.05, 3.63) is 51.2 Å². The molecule has 0 saturated heterocycles. The fraction of sp³-hybridized carbons (Fsp3) is 0.200. The molecule has 0 radical (unpaired) electrons. The minimum Gasteiger partial charge on any atom is -0.340 e. The summed E-state index contributed by atoms with van der Waals surface area (Å²) in [4.78, 5) is 12.4. The van der Waals surface area contributed by atoms with Crippen LogP contribution >= 0.6 is 27.5 Å². The number of halogens is 2. The van der Waals surface area contributed by atoms with E-state index in [4.69, 9.17) is 16.9 Å². The van der Waals surface area contributed by atoms with Crippen molar-refractivity contribution >= 4 is 39.1 Å². The van der Waals surface area contributed by atoms with Crippen LogP contribution in [-0.4, -0.2) is 10.5 Å². The molecular weight excluding hydrogens is 354 g/mol. The van der Waals surface area contributed by atoms with E-state index in [1.54, 1.807) is 24.3 Å². The van der Waals surface area contributed by atoms with Gasteiger partial charge in [-0.05, 0) is 54.0 Å². The number of hydrogen-bond donors (Lipinski definition) is 1. The maximum atomic E-state index is 12.4. The molecule has 1 aromatic heterocycles. The Labute approximate surface area is 136 Å². The lowest BCUT2D eigenvalue weighted by atomic mass is 10.2. The highest BCUT2D eigenvalue weighted by Gasteiger charge is 2.15. The first-order valence-corrected chi connectivity index (χ1v) is 7.48. The van der Waals surface area contributed by atoms with Gasteiger partial charge in [-0.1, -0.05) is 11.6 Å². The van der Waals surface area contributed by atoms with Gasteiger partial charge in [-0.2, -0.15) is 5.26 Å². The molecule has 1 aromatic carbocycles. The van der Waals surface area contributed by atoms with Crippen LogP contribution in [0.3, 0.4) is 0 Å². The lowest BCUT2D eigenvalue weighted by Crippen LogP contribution is -2.17. The van der Waals surface area contributed by atoms with Crippen LogP contribution < -0.4 is 5.32 Å². The Bertz CT molecular complexity index is 731. The standard InChI is InChI=1S/C15H13BrClN3O/c1-9(2)20-8-11(16)6-14(20)15(21)19-12-3-4-13(17)10(5-12)7-18/h3-6,8-9H,1-2H3,(H,19,21). The number of nitriles is 1. The first-order valence-electron chi connectivity index (χ1n) is 6.30. The van der Waals surface area contributed by atoms with E-state index in [-0.39, 0.29) is 11.9 Å². The molecule has 0 saturated carbocycles.